The van der Waals surface area contributed by atoms with Gasteiger partial charge in [-0.3, -0.25) is 18.6 Å². The van der Waals surface area contributed by atoms with Gasteiger partial charge < -0.3 is 23.6 Å². The molecule has 0 bridgehead atoms. The van der Waals surface area contributed by atoms with Gasteiger partial charge in [0.05, 0.1) is 34.4 Å². The van der Waals surface area contributed by atoms with Gasteiger partial charge in [-0.05, 0) is 19.3 Å². The molecule has 0 rings (SSSR count). The quantitative estimate of drug-likeness (QED) is 0.0164. The van der Waals surface area contributed by atoms with Crippen LogP contribution in [-0.2, 0) is 42.2 Å². The van der Waals surface area contributed by atoms with Crippen LogP contribution in [0.5, 0.6) is 0 Å². The zero-order chi connectivity index (χ0) is 38.1. The molecule has 1 N–H and O–H groups in total. The molecule has 11 nitrogen and oxygen atoms in total. The van der Waals surface area contributed by atoms with Crippen LogP contribution in [0.1, 0.15) is 161 Å². The monoisotopic (exact) mass is 749 g/mol. The van der Waals surface area contributed by atoms with Gasteiger partial charge in [-0.15, -0.1) is 0 Å². The predicted molar refractivity (Wildman–Crippen MR) is 203 cm³/mol. The summed E-state index contributed by atoms with van der Waals surface area (Å²) in [6.07, 6.45) is 25.3. The third kappa shape index (κ3) is 36.4. The molecule has 51 heavy (non-hydrogen) atoms. The lowest BCUT2D eigenvalue weighted by atomic mass is 10.0. The molecular weight excluding hydrogens is 673 g/mol. The van der Waals surface area contributed by atoms with Gasteiger partial charge in [-0.1, -0.05) is 135 Å². The Hall–Kier alpha value is -1.78. The molecule has 0 amide bonds. The summed E-state index contributed by atoms with van der Waals surface area (Å²) in [4.78, 5) is 46.2. The Morgan fingerprint density at radius 2 is 1.08 bits per heavy atom. The van der Waals surface area contributed by atoms with Crippen molar-refractivity contribution < 1.29 is 51.6 Å². The normalized spacial score (nSPS) is 13.4. The molecule has 0 aliphatic rings. The van der Waals surface area contributed by atoms with Crippen LogP contribution in [0.4, 0.5) is 0 Å². The molecule has 2 unspecified atom stereocenters. The Morgan fingerprint density at radius 3 is 1.55 bits per heavy atom. The highest BCUT2D eigenvalue weighted by Gasteiger charge is 2.27. The van der Waals surface area contributed by atoms with Gasteiger partial charge in [0, 0.05) is 18.9 Å². The summed E-state index contributed by atoms with van der Waals surface area (Å²) in [7, 11) is 1.42. The van der Waals surface area contributed by atoms with E-state index in [-0.39, 0.29) is 38.0 Å². The minimum Gasteiger partial charge on any atom is -0.463 e. The number of quaternary nitrogens is 1. The number of esters is 3. The van der Waals surface area contributed by atoms with Crippen molar-refractivity contribution >= 4 is 25.7 Å². The van der Waals surface area contributed by atoms with Crippen molar-refractivity contribution in [3.63, 3.8) is 0 Å². The third-order valence-electron chi connectivity index (χ3n) is 8.59. The van der Waals surface area contributed by atoms with E-state index in [0.717, 1.165) is 70.6 Å². The van der Waals surface area contributed by atoms with Gasteiger partial charge in [0.1, 0.15) is 19.8 Å². The average Bonchev–Trinajstić information content (AvgIpc) is 3.07. The number of carbonyl (C=O) groups is 3. The van der Waals surface area contributed by atoms with E-state index in [9.17, 15) is 23.8 Å². The summed E-state index contributed by atoms with van der Waals surface area (Å²) in [6.45, 7) is 5.89. The maximum Gasteiger partial charge on any atom is 0.472 e. The zero-order valence-corrected chi connectivity index (χ0v) is 33.8. The highest BCUT2D eigenvalue weighted by Crippen LogP contribution is 2.43. The Labute approximate surface area is 310 Å². The average molecular weight is 749 g/mol. The maximum atomic E-state index is 12.6. The lowest BCUT2D eigenvalue weighted by molar-refractivity contribution is -0.870. The molecule has 0 heterocycles. The summed E-state index contributed by atoms with van der Waals surface area (Å²) in [5, 5.41) is 0. The van der Waals surface area contributed by atoms with Gasteiger partial charge in [0.2, 0.25) is 0 Å². The SMILES string of the molecule is C=CC(=O)OCCCCCCCCCCCC(=O)OC(COC(=O)CCCCCCCCCCCCCCC)COP(=O)(O)OCC[N+](C)(C)C. The molecule has 0 aromatic carbocycles. The van der Waals surface area contributed by atoms with E-state index in [1.807, 2.05) is 21.1 Å². The van der Waals surface area contributed by atoms with Gasteiger partial charge in [-0.2, -0.15) is 0 Å². The number of hydrogen-bond acceptors (Lipinski definition) is 9. The van der Waals surface area contributed by atoms with Crippen LogP contribution in [0, 0.1) is 0 Å². The van der Waals surface area contributed by atoms with Crippen LogP contribution in [0.2, 0.25) is 0 Å². The van der Waals surface area contributed by atoms with E-state index < -0.39 is 26.5 Å². The van der Waals surface area contributed by atoms with Crippen molar-refractivity contribution in [1.82, 2.24) is 0 Å². The number of carbonyl (C=O) groups excluding carboxylic acids is 3. The summed E-state index contributed by atoms with van der Waals surface area (Å²) >= 11 is 0. The second-order valence-corrected chi connectivity index (χ2v) is 16.2. The first kappa shape index (κ1) is 49.2. The second-order valence-electron chi connectivity index (χ2n) is 14.7. The zero-order valence-electron chi connectivity index (χ0n) is 32.9. The Bertz CT molecular complexity index is 939. The number of phosphoric acid groups is 1. The number of nitrogens with zero attached hydrogens (tertiary/aromatic N) is 1. The van der Waals surface area contributed by atoms with Gasteiger partial charge in [0.15, 0.2) is 6.10 Å². The number of ether oxygens (including phenoxy) is 3. The second kappa shape index (κ2) is 32.8. The highest BCUT2D eigenvalue weighted by atomic mass is 31.2. The number of phosphoric ester groups is 1. The molecule has 12 heteroatoms. The fourth-order valence-corrected chi connectivity index (χ4v) is 6.13. The lowest BCUT2D eigenvalue weighted by Gasteiger charge is -2.24. The van der Waals surface area contributed by atoms with Gasteiger partial charge in [0.25, 0.3) is 0 Å². The molecule has 2 atom stereocenters. The van der Waals surface area contributed by atoms with Crippen LogP contribution in [0.3, 0.4) is 0 Å². The van der Waals surface area contributed by atoms with E-state index in [1.54, 1.807) is 0 Å². The van der Waals surface area contributed by atoms with Crippen LogP contribution in [0.25, 0.3) is 0 Å². The molecule has 0 aliphatic heterocycles. The Morgan fingerprint density at radius 1 is 0.627 bits per heavy atom. The maximum absolute atomic E-state index is 12.6. The number of unbranched alkanes of at least 4 members (excludes halogenated alkanes) is 20. The summed E-state index contributed by atoms with van der Waals surface area (Å²) in [5.41, 5.74) is 0. The molecule has 0 radical (unpaired) electrons. The van der Waals surface area contributed by atoms with Crippen molar-refractivity contribution in [3.05, 3.63) is 12.7 Å². The van der Waals surface area contributed by atoms with Gasteiger partial charge in [-0.25, -0.2) is 9.36 Å². The minimum atomic E-state index is -4.39. The molecule has 0 aliphatic carbocycles. The molecule has 0 saturated carbocycles. The predicted octanol–water partition coefficient (Wildman–Crippen LogP) is 9.39. The van der Waals surface area contributed by atoms with Crippen LogP contribution in [0.15, 0.2) is 12.7 Å². The van der Waals surface area contributed by atoms with Crippen molar-refractivity contribution in [3.8, 4) is 0 Å². The number of hydrogen-bond donors (Lipinski definition) is 1. The van der Waals surface area contributed by atoms with Crippen molar-refractivity contribution in [2.75, 3.05) is 54.1 Å². The molecule has 0 saturated heterocycles. The topological polar surface area (TPSA) is 135 Å². The first-order chi connectivity index (χ1) is 24.4. The van der Waals surface area contributed by atoms with E-state index in [2.05, 4.69) is 13.5 Å². The van der Waals surface area contributed by atoms with Crippen molar-refractivity contribution in [2.24, 2.45) is 0 Å². The van der Waals surface area contributed by atoms with Crippen LogP contribution < -0.4 is 0 Å². The smallest absolute Gasteiger partial charge is 0.463 e. The third-order valence-corrected chi connectivity index (χ3v) is 9.57. The van der Waals surface area contributed by atoms with Gasteiger partial charge >= 0.3 is 25.7 Å². The lowest BCUT2D eigenvalue weighted by Crippen LogP contribution is -2.37. The molecule has 0 aromatic heterocycles. The first-order valence-corrected chi connectivity index (χ1v) is 21.4. The van der Waals surface area contributed by atoms with E-state index in [0.29, 0.717) is 24.1 Å². The first-order valence-electron chi connectivity index (χ1n) is 19.9. The highest BCUT2D eigenvalue weighted by molar-refractivity contribution is 7.47. The van der Waals surface area contributed by atoms with E-state index in [4.69, 9.17) is 23.3 Å². The summed E-state index contributed by atoms with van der Waals surface area (Å²) < 4.78 is 39.1. The fraction of sp³-hybridized carbons (Fsp3) is 0.872. The molecule has 0 spiro atoms. The summed E-state index contributed by atoms with van der Waals surface area (Å²) in [5.74, 6) is -1.23. The summed E-state index contributed by atoms with van der Waals surface area (Å²) in [6, 6.07) is 0. The standard InChI is InChI=1S/C39H74NO10P/c1-6-8-9-10-11-12-13-14-15-17-20-23-26-29-38(42)47-34-36(35-49-51(44,45)48-33-31-40(3,4)5)50-39(43)30-27-24-21-18-16-19-22-25-28-32-46-37(41)7-2/h7,36H,2,6,8-35H2,1,3-5H3/p+1. The van der Waals surface area contributed by atoms with E-state index in [1.165, 1.54) is 70.3 Å². The molecular formula is C39H75NO10P+. The minimum absolute atomic E-state index is 0.0169. The molecule has 0 aromatic rings. The van der Waals surface area contributed by atoms with E-state index >= 15 is 0 Å². The number of rotatable bonds is 37. The Kier molecular flexibility index (Phi) is 31.7. The van der Waals surface area contributed by atoms with Crippen LogP contribution in [-0.4, -0.2) is 87.5 Å². The van der Waals surface area contributed by atoms with Crippen LogP contribution >= 0.6 is 7.82 Å². The number of likely N-dealkylation sites (N-methyl/N-ethyl adjacent to an activating group) is 1. The molecule has 0 fully saturated rings. The van der Waals surface area contributed by atoms with Crippen molar-refractivity contribution in [2.45, 2.75) is 167 Å². The van der Waals surface area contributed by atoms with Crippen molar-refractivity contribution in [1.29, 1.82) is 0 Å². The largest absolute Gasteiger partial charge is 0.472 e. The Balaban J connectivity index is 4.38. The molecule has 300 valence electrons. The fourth-order valence-electron chi connectivity index (χ4n) is 5.39.